The van der Waals surface area contributed by atoms with Crippen molar-refractivity contribution >= 4 is 33.8 Å². The van der Waals surface area contributed by atoms with Crippen molar-refractivity contribution in [2.24, 2.45) is 5.92 Å². The first-order chi connectivity index (χ1) is 8.24. The van der Waals surface area contributed by atoms with Crippen LogP contribution in [0, 0.1) is 5.92 Å². The normalized spacial score (nSPS) is 13.1. The van der Waals surface area contributed by atoms with Gasteiger partial charge in [-0.15, -0.1) is 22.7 Å². The molecule has 2 nitrogen and oxygen atoms in total. The second-order valence-corrected chi connectivity index (χ2v) is 6.96. The summed E-state index contributed by atoms with van der Waals surface area (Å²) in [5.41, 5.74) is 0. The second kappa shape index (κ2) is 6.44. The van der Waals surface area contributed by atoms with Crippen molar-refractivity contribution in [3.8, 4) is 0 Å². The molecule has 0 radical (unpaired) electrons. The first-order valence-electron chi connectivity index (χ1n) is 5.36. The van der Waals surface area contributed by atoms with E-state index in [1.54, 1.807) is 22.7 Å². The Morgan fingerprint density at radius 1 is 1.12 bits per heavy atom. The number of hydrogen-bond acceptors (Lipinski definition) is 3. The van der Waals surface area contributed by atoms with E-state index in [2.05, 4.69) is 12.1 Å². The monoisotopic (exact) mass is 286 g/mol. The molecule has 2 rings (SSSR count). The Kier molecular flexibility index (Phi) is 4.91. The van der Waals surface area contributed by atoms with Gasteiger partial charge in [0.05, 0.1) is 5.75 Å². The maximum atomic E-state index is 11.0. The lowest BCUT2D eigenvalue weighted by Crippen LogP contribution is -2.15. The van der Waals surface area contributed by atoms with E-state index < -0.39 is 11.1 Å². The van der Waals surface area contributed by atoms with Gasteiger partial charge in [0.2, 0.25) is 0 Å². The summed E-state index contributed by atoms with van der Waals surface area (Å²) in [7, 11) is 0. The molecule has 0 bridgehead atoms. The average molecular weight is 286 g/mol. The van der Waals surface area contributed by atoms with Crippen molar-refractivity contribution in [2.45, 2.75) is 12.8 Å². The lowest BCUT2D eigenvalue weighted by atomic mass is 10.0. The van der Waals surface area contributed by atoms with E-state index in [0.29, 0.717) is 5.75 Å². The fourth-order valence-corrected chi connectivity index (χ4v) is 4.10. The van der Waals surface area contributed by atoms with E-state index >= 15 is 0 Å². The van der Waals surface area contributed by atoms with Crippen LogP contribution in [0.1, 0.15) is 9.75 Å². The molecular formula is C12H14O2S3. The predicted octanol–water partition coefficient (Wildman–Crippen LogP) is 3.43. The van der Waals surface area contributed by atoms with Gasteiger partial charge >= 0.3 is 0 Å². The van der Waals surface area contributed by atoms with Crippen LogP contribution in [0.4, 0.5) is 0 Å². The van der Waals surface area contributed by atoms with Crippen LogP contribution in [-0.4, -0.2) is 14.5 Å². The second-order valence-electron chi connectivity index (χ2n) is 3.92. The Labute approximate surface area is 112 Å². The van der Waals surface area contributed by atoms with Crippen LogP contribution in [-0.2, 0) is 23.9 Å². The van der Waals surface area contributed by atoms with Gasteiger partial charge in [-0.2, -0.15) is 0 Å². The van der Waals surface area contributed by atoms with Crippen LogP contribution < -0.4 is 0 Å². The third-order valence-electron chi connectivity index (χ3n) is 2.52. The Balaban J connectivity index is 2.00. The molecule has 2 aromatic heterocycles. The van der Waals surface area contributed by atoms with Crippen molar-refractivity contribution in [3.63, 3.8) is 0 Å². The molecule has 0 aromatic carbocycles. The summed E-state index contributed by atoms with van der Waals surface area (Å²) in [6.07, 6.45) is 1.78. The van der Waals surface area contributed by atoms with E-state index in [1.807, 2.05) is 22.9 Å². The minimum atomic E-state index is -1.71. The van der Waals surface area contributed by atoms with Gasteiger partial charge in [-0.3, -0.25) is 0 Å². The Hall–Kier alpha value is -0.490. The summed E-state index contributed by atoms with van der Waals surface area (Å²) in [5, 5.41) is 4.10. The van der Waals surface area contributed by atoms with Crippen LogP contribution in [0.15, 0.2) is 35.0 Å². The highest BCUT2D eigenvalue weighted by Crippen LogP contribution is 2.21. The summed E-state index contributed by atoms with van der Waals surface area (Å²) in [6.45, 7) is 0. The van der Waals surface area contributed by atoms with E-state index in [-0.39, 0.29) is 5.92 Å². The summed E-state index contributed by atoms with van der Waals surface area (Å²) < 4.78 is 20.0. The molecule has 2 aromatic rings. The molecule has 0 aliphatic heterocycles. The minimum Gasteiger partial charge on any atom is -0.306 e. The maximum Gasteiger partial charge on any atom is 0.153 e. The smallest absolute Gasteiger partial charge is 0.153 e. The van der Waals surface area contributed by atoms with Gasteiger partial charge < -0.3 is 4.55 Å². The lowest BCUT2D eigenvalue weighted by molar-refractivity contribution is 0.527. The topological polar surface area (TPSA) is 37.3 Å². The minimum absolute atomic E-state index is 0.248. The highest BCUT2D eigenvalue weighted by Gasteiger charge is 2.14. The van der Waals surface area contributed by atoms with Crippen LogP contribution in [0.2, 0.25) is 0 Å². The molecule has 0 saturated heterocycles. The highest BCUT2D eigenvalue weighted by molar-refractivity contribution is 7.79. The lowest BCUT2D eigenvalue weighted by Gasteiger charge is -2.12. The Morgan fingerprint density at radius 2 is 1.65 bits per heavy atom. The zero-order valence-corrected chi connectivity index (χ0v) is 11.7. The molecule has 1 N–H and O–H groups in total. The van der Waals surface area contributed by atoms with Crippen molar-refractivity contribution in [1.82, 2.24) is 0 Å². The SMILES string of the molecule is O=S(O)CC(Cc1cccs1)Cc1cccs1. The molecule has 0 spiro atoms. The molecule has 0 aliphatic carbocycles. The number of rotatable bonds is 6. The fourth-order valence-electron chi connectivity index (χ4n) is 1.82. The van der Waals surface area contributed by atoms with Gasteiger partial charge in [0, 0.05) is 9.75 Å². The Morgan fingerprint density at radius 3 is 2.00 bits per heavy atom. The molecular weight excluding hydrogens is 272 g/mol. The largest absolute Gasteiger partial charge is 0.306 e. The highest BCUT2D eigenvalue weighted by atomic mass is 32.2. The third kappa shape index (κ3) is 4.35. The maximum absolute atomic E-state index is 11.0. The van der Waals surface area contributed by atoms with Crippen LogP contribution in [0.3, 0.4) is 0 Å². The molecule has 0 saturated carbocycles. The third-order valence-corrected chi connectivity index (χ3v) is 5.07. The first-order valence-corrected chi connectivity index (χ1v) is 8.40. The van der Waals surface area contributed by atoms with Crippen LogP contribution in [0.5, 0.6) is 0 Å². The Bertz CT molecular complexity index is 412. The summed E-state index contributed by atoms with van der Waals surface area (Å²) in [5.74, 6) is 0.605. The number of hydrogen-bond donors (Lipinski definition) is 1. The molecule has 17 heavy (non-hydrogen) atoms. The average Bonchev–Trinajstić information content (AvgIpc) is 2.89. The van der Waals surface area contributed by atoms with Crippen molar-refractivity contribution in [1.29, 1.82) is 0 Å². The van der Waals surface area contributed by atoms with E-state index in [0.717, 1.165) is 12.8 Å². The van der Waals surface area contributed by atoms with Gasteiger partial charge in [-0.05, 0) is 41.7 Å². The quantitative estimate of drug-likeness (QED) is 0.826. The molecule has 2 heterocycles. The van der Waals surface area contributed by atoms with Crippen molar-refractivity contribution in [2.75, 3.05) is 5.75 Å². The predicted molar refractivity (Wildman–Crippen MR) is 75.2 cm³/mol. The standard InChI is InChI=1S/C12H14O2S3/c13-17(14)9-10(7-11-3-1-5-15-11)8-12-4-2-6-16-12/h1-6,10H,7-9H2,(H,13,14). The molecule has 1 unspecified atom stereocenters. The van der Waals surface area contributed by atoms with Gasteiger partial charge in [-0.25, -0.2) is 4.21 Å². The zero-order valence-electron chi connectivity index (χ0n) is 9.24. The zero-order chi connectivity index (χ0) is 12.1. The van der Waals surface area contributed by atoms with E-state index in [9.17, 15) is 4.21 Å². The molecule has 1 atom stereocenters. The van der Waals surface area contributed by atoms with Crippen molar-refractivity contribution < 1.29 is 8.76 Å². The van der Waals surface area contributed by atoms with Crippen LogP contribution in [0.25, 0.3) is 0 Å². The molecule has 0 aliphatic rings. The van der Waals surface area contributed by atoms with Crippen molar-refractivity contribution in [3.05, 3.63) is 44.8 Å². The summed E-state index contributed by atoms with van der Waals surface area (Å²) >= 11 is 1.72. The van der Waals surface area contributed by atoms with E-state index in [4.69, 9.17) is 4.55 Å². The van der Waals surface area contributed by atoms with Gasteiger partial charge in [0.25, 0.3) is 0 Å². The first kappa shape index (κ1) is 13.0. The van der Waals surface area contributed by atoms with Gasteiger partial charge in [-0.1, -0.05) is 12.1 Å². The van der Waals surface area contributed by atoms with Gasteiger partial charge in [0.15, 0.2) is 11.1 Å². The molecule has 0 amide bonds. The van der Waals surface area contributed by atoms with E-state index in [1.165, 1.54) is 9.75 Å². The molecule has 5 heteroatoms. The van der Waals surface area contributed by atoms with Gasteiger partial charge in [0.1, 0.15) is 0 Å². The van der Waals surface area contributed by atoms with Crippen LogP contribution >= 0.6 is 22.7 Å². The number of thiophene rings is 2. The summed E-state index contributed by atoms with van der Waals surface area (Å²) in [4.78, 5) is 2.58. The molecule has 92 valence electrons. The summed E-state index contributed by atoms with van der Waals surface area (Å²) in [6, 6.07) is 8.23. The fraction of sp³-hybridized carbons (Fsp3) is 0.333. The molecule has 0 fully saturated rings.